The Morgan fingerprint density at radius 1 is 1.60 bits per heavy atom. The number of ether oxygens (including phenoxy) is 1. The Labute approximate surface area is 88.8 Å². The van der Waals surface area contributed by atoms with E-state index in [1.54, 1.807) is 6.92 Å². The van der Waals surface area contributed by atoms with Crippen molar-refractivity contribution in [1.82, 2.24) is 10.2 Å². The third kappa shape index (κ3) is 1.84. The second-order valence-electron chi connectivity index (χ2n) is 4.38. The minimum atomic E-state index is -0.708. The number of epoxide rings is 1. The Bertz CT molecular complexity index is 301. The van der Waals surface area contributed by atoms with Gasteiger partial charge in [-0.2, -0.15) is 0 Å². The molecule has 0 aromatic heterocycles. The van der Waals surface area contributed by atoms with Gasteiger partial charge >= 0.3 is 6.03 Å². The second-order valence-corrected chi connectivity index (χ2v) is 4.38. The number of rotatable bonds is 4. The fraction of sp³-hybridized carbons (Fsp3) is 0.800. The predicted octanol–water partition coefficient (Wildman–Crippen LogP) is 0.496. The molecule has 1 N–H and O–H groups in total. The average molecular weight is 212 g/mol. The van der Waals surface area contributed by atoms with Crippen LogP contribution in [0.15, 0.2) is 0 Å². The number of carbonyl (C=O) groups excluding carboxylic acids is 2. The number of hydrogen-bond acceptors (Lipinski definition) is 3. The number of urea groups is 1. The van der Waals surface area contributed by atoms with Gasteiger partial charge in [-0.1, -0.05) is 13.3 Å². The van der Waals surface area contributed by atoms with Crippen molar-refractivity contribution in [3.8, 4) is 0 Å². The van der Waals surface area contributed by atoms with Gasteiger partial charge in [0.1, 0.15) is 5.54 Å². The Morgan fingerprint density at radius 3 is 2.80 bits per heavy atom. The van der Waals surface area contributed by atoms with Crippen molar-refractivity contribution in [1.29, 1.82) is 0 Å². The zero-order chi connectivity index (χ0) is 11.1. The molecule has 0 aliphatic carbocycles. The Morgan fingerprint density at radius 2 is 2.27 bits per heavy atom. The van der Waals surface area contributed by atoms with Gasteiger partial charge in [-0.3, -0.25) is 9.69 Å². The molecule has 2 heterocycles. The van der Waals surface area contributed by atoms with E-state index < -0.39 is 5.54 Å². The highest BCUT2D eigenvalue weighted by Crippen LogP contribution is 2.24. The molecule has 2 unspecified atom stereocenters. The summed E-state index contributed by atoms with van der Waals surface area (Å²) in [5.74, 6) is -0.121. The van der Waals surface area contributed by atoms with Crippen molar-refractivity contribution in [3.63, 3.8) is 0 Å². The first-order valence-electron chi connectivity index (χ1n) is 5.32. The number of imide groups is 1. The van der Waals surface area contributed by atoms with Crippen LogP contribution in [0, 0.1) is 0 Å². The van der Waals surface area contributed by atoms with Crippen molar-refractivity contribution in [2.24, 2.45) is 0 Å². The zero-order valence-corrected chi connectivity index (χ0v) is 9.08. The molecule has 0 spiro atoms. The maximum Gasteiger partial charge on any atom is 0.325 e. The van der Waals surface area contributed by atoms with Crippen LogP contribution >= 0.6 is 0 Å². The minimum absolute atomic E-state index is 0.0590. The summed E-state index contributed by atoms with van der Waals surface area (Å²) in [7, 11) is 0. The molecule has 15 heavy (non-hydrogen) atoms. The van der Waals surface area contributed by atoms with Crippen LogP contribution in [0.4, 0.5) is 4.79 Å². The molecular weight excluding hydrogens is 196 g/mol. The molecule has 2 fully saturated rings. The summed E-state index contributed by atoms with van der Waals surface area (Å²) in [6.45, 7) is 4.83. The highest BCUT2D eigenvalue weighted by molar-refractivity contribution is 6.06. The first-order chi connectivity index (χ1) is 7.07. The van der Waals surface area contributed by atoms with Gasteiger partial charge in [-0.15, -0.1) is 0 Å². The number of carbonyl (C=O) groups is 2. The van der Waals surface area contributed by atoms with Crippen LogP contribution in [-0.4, -0.2) is 41.6 Å². The molecule has 0 aromatic carbocycles. The fourth-order valence-corrected chi connectivity index (χ4v) is 1.96. The van der Waals surface area contributed by atoms with Crippen molar-refractivity contribution in [2.45, 2.75) is 38.3 Å². The molecule has 3 amide bonds. The van der Waals surface area contributed by atoms with E-state index in [9.17, 15) is 9.59 Å². The van der Waals surface area contributed by atoms with E-state index in [2.05, 4.69) is 5.32 Å². The molecule has 0 saturated carbocycles. The summed E-state index contributed by atoms with van der Waals surface area (Å²) in [6.07, 6.45) is 1.61. The third-order valence-corrected chi connectivity index (χ3v) is 2.88. The second kappa shape index (κ2) is 3.48. The Kier molecular flexibility index (Phi) is 2.42. The molecule has 5 heteroatoms. The molecule has 2 aliphatic heterocycles. The van der Waals surface area contributed by atoms with Crippen molar-refractivity contribution >= 4 is 11.9 Å². The Hall–Kier alpha value is -1.10. The molecule has 84 valence electrons. The number of nitrogens with zero attached hydrogens (tertiary/aromatic N) is 1. The number of hydrogen-bond donors (Lipinski definition) is 1. The van der Waals surface area contributed by atoms with Crippen molar-refractivity contribution in [2.75, 3.05) is 13.2 Å². The van der Waals surface area contributed by atoms with E-state index >= 15 is 0 Å². The maximum atomic E-state index is 12.0. The van der Waals surface area contributed by atoms with Gasteiger partial charge in [0.25, 0.3) is 5.91 Å². The summed E-state index contributed by atoms with van der Waals surface area (Å²) >= 11 is 0. The van der Waals surface area contributed by atoms with Crippen LogP contribution in [0.25, 0.3) is 0 Å². The van der Waals surface area contributed by atoms with Gasteiger partial charge in [-0.25, -0.2) is 4.79 Å². The van der Waals surface area contributed by atoms with Gasteiger partial charge in [-0.05, 0) is 13.3 Å². The molecule has 2 aliphatic rings. The van der Waals surface area contributed by atoms with Gasteiger partial charge in [0.2, 0.25) is 0 Å². The lowest BCUT2D eigenvalue weighted by molar-refractivity contribution is -0.131. The maximum absolute atomic E-state index is 12.0. The van der Waals surface area contributed by atoms with E-state index in [1.165, 1.54) is 4.90 Å². The zero-order valence-electron chi connectivity index (χ0n) is 9.08. The predicted molar refractivity (Wildman–Crippen MR) is 53.3 cm³/mol. The average Bonchev–Trinajstić information content (AvgIpc) is 2.93. The fourth-order valence-electron chi connectivity index (χ4n) is 1.96. The smallest absolute Gasteiger partial charge is 0.325 e. The largest absolute Gasteiger partial charge is 0.371 e. The number of nitrogens with one attached hydrogen (secondary N) is 1. The summed E-state index contributed by atoms with van der Waals surface area (Å²) in [4.78, 5) is 24.8. The molecule has 0 radical (unpaired) electrons. The quantitative estimate of drug-likeness (QED) is 0.545. The highest BCUT2D eigenvalue weighted by atomic mass is 16.6. The molecule has 2 rings (SSSR count). The first kappa shape index (κ1) is 10.4. The van der Waals surface area contributed by atoms with Gasteiger partial charge < -0.3 is 10.1 Å². The highest BCUT2D eigenvalue weighted by Gasteiger charge is 2.48. The molecule has 2 atom stereocenters. The molecule has 2 saturated heterocycles. The Balaban J connectivity index is 2.07. The van der Waals surface area contributed by atoms with E-state index in [4.69, 9.17) is 4.74 Å². The normalized spacial score (nSPS) is 34.5. The van der Waals surface area contributed by atoms with E-state index in [-0.39, 0.29) is 18.0 Å². The van der Waals surface area contributed by atoms with Gasteiger partial charge in [0, 0.05) is 0 Å². The van der Waals surface area contributed by atoms with Crippen LogP contribution in [-0.2, 0) is 9.53 Å². The van der Waals surface area contributed by atoms with Crippen molar-refractivity contribution in [3.05, 3.63) is 0 Å². The van der Waals surface area contributed by atoms with E-state index in [1.807, 2.05) is 6.92 Å². The van der Waals surface area contributed by atoms with Crippen LogP contribution in [0.2, 0.25) is 0 Å². The number of amides is 3. The summed E-state index contributed by atoms with van der Waals surface area (Å²) in [5.41, 5.74) is -0.708. The van der Waals surface area contributed by atoms with Gasteiger partial charge in [0.05, 0.1) is 19.3 Å². The van der Waals surface area contributed by atoms with Crippen LogP contribution in [0.5, 0.6) is 0 Å². The van der Waals surface area contributed by atoms with E-state index in [0.717, 1.165) is 6.42 Å². The molecule has 0 aromatic rings. The van der Waals surface area contributed by atoms with Crippen LogP contribution in [0.3, 0.4) is 0 Å². The van der Waals surface area contributed by atoms with E-state index in [0.29, 0.717) is 19.6 Å². The van der Waals surface area contributed by atoms with Crippen LogP contribution in [0.1, 0.15) is 26.7 Å². The minimum Gasteiger partial charge on any atom is -0.371 e. The summed E-state index contributed by atoms with van der Waals surface area (Å²) in [6, 6.07) is -0.286. The summed E-state index contributed by atoms with van der Waals surface area (Å²) < 4.78 is 5.02. The topological polar surface area (TPSA) is 61.9 Å². The SMILES string of the molecule is CCCC1(C)NC(=O)N(CC2CO2)C1=O. The summed E-state index contributed by atoms with van der Waals surface area (Å²) in [5, 5.41) is 2.75. The monoisotopic (exact) mass is 212 g/mol. The lowest BCUT2D eigenvalue weighted by Crippen LogP contribution is -2.43. The van der Waals surface area contributed by atoms with Gasteiger partial charge in [0.15, 0.2) is 0 Å². The molecular formula is C10H16N2O3. The standard InChI is InChI=1S/C10H16N2O3/c1-3-4-10(2)8(13)12(9(14)11-10)5-7-6-15-7/h7H,3-6H2,1-2H3,(H,11,14). The molecule has 0 bridgehead atoms. The van der Waals surface area contributed by atoms with Crippen LogP contribution < -0.4 is 5.32 Å². The van der Waals surface area contributed by atoms with Crippen molar-refractivity contribution < 1.29 is 14.3 Å². The third-order valence-electron chi connectivity index (χ3n) is 2.88. The molecule has 5 nitrogen and oxygen atoms in total. The lowest BCUT2D eigenvalue weighted by Gasteiger charge is -2.20. The lowest BCUT2D eigenvalue weighted by atomic mass is 9.96. The first-order valence-corrected chi connectivity index (χ1v) is 5.32.